The van der Waals surface area contributed by atoms with Gasteiger partial charge >= 0.3 is 0 Å². The summed E-state index contributed by atoms with van der Waals surface area (Å²) in [5, 5.41) is 0. The highest BCUT2D eigenvalue weighted by Gasteiger charge is 2.34. The van der Waals surface area contributed by atoms with Crippen LogP contribution in [0, 0.1) is 5.92 Å². The van der Waals surface area contributed by atoms with E-state index in [-0.39, 0.29) is 0 Å². The van der Waals surface area contributed by atoms with E-state index in [1.807, 2.05) is 0 Å². The van der Waals surface area contributed by atoms with Crippen LogP contribution in [-0.4, -0.2) is 8.07 Å². The Morgan fingerprint density at radius 1 is 1.25 bits per heavy atom. The van der Waals surface area contributed by atoms with Crippen molar-refractivity contribution in [2.45, 2.75) is 51.4 Å². The van der Waals surface area contributed by atoms with Crippen LogP contribution in [0.15, 0.2) is 12.2 Å². The molecule has 0 radical (unpaired) electrons. The van der Waals surface area contributed by atoms with Crippen molar-refractivity contribution in [1.82, 2.24) is 0 Å². The third-order valence-corrected chi connectivity index (χ3v) is 6.33. The summed E-state index contributed by atoms with van der Waals surface area (Å²) in [6.45, 7) is 13.8. The van der Waals surface area contributed by atoms with Gasteiger partial charge in [-0.15, -0.1) is 0 Å². The first-order valence-corrected chi connectivity index (χ1v) is 8.64. The molecule has 1 aliphatic carbocycles. The van der Waals surface area contributed by atoms with Crippen LogP contribution in [-0.2, 0) is 0 Å². The Hall–Kier alpha value is -0.0431. The standard InChI is InChI=1S/C11H22Si/c1-9(2)10-6-7-11(8-10)12(3,4)5/h10-11H,1,6-8H2,2-5H3. The third-order valence-electron chi connectivity index (χ3n) is 3.35. The zero-order valence-corrected chi connectivity index (χ0v) is 9.98. The molecule has 0 N–H and O–H groups in total. The van der Waals surface area contributed by atoms with E-state index in [4.69, 9.17) is 0 Å². The van der Waals surface area contributed by atoms with Gasteiger partial charge in [0.05, 0.1) is 0 Å². The van der Waals surface area contributed by atoms with Crippen molar-refractivity contribution < 1.29 is 0 Å². The molecule has 1 saturated carbocycles. The Morgan fingerprint density at radius 2 is 1.83 bits per heavy atom. The van der Waals surface area contributed by atoms with Crippen molar-refractivity contribution in [3.05, 3.63) is 12.2 Å². The lowest BCUT2D eigenvalue weighted by atomic mass is 10.0. The largest absolute Gasteiger partial charge is 0.0999 e. The van der Waals surface area contributed by atoms with Gasteiger partial charge in [-0.2, -0.15) is 0 Å². The first kappa shape index (κ1) is 10.0. The summed E-state index contributed by atoms with van der Waals surface area (Å²) in [7, 11) is -0.853. The summed E-state index contributed by atoms with van der Waals surface area (Å²) in [5.41, 5.74) is 2.47. The monoisotopic (exact) mass is 182 g/mol. The van der Waals surface area contributed by atoms with E-state index in [9.17, 15) is 0 Å². The molecule has 0 spiro atoms. The fourth-order valence-electron chi connectivity index (χ4n) is 2.22. The quantitative estimate of drug-likeness (QED) is 0.446. The van der Waals surface area contributed by atoms with Crippen LogP contribution in [0.25, 0.3) is 0 Å². The smallest absolute Gasteiger partial charge is 0.0474 e. The van der Waals surface area contributed by atoms with Gasteiger partial charge in [0.25, 0.3) is 0 Å². The van der Waals surface area contributed by atoms with Crippen molar-refractivity contribution in [2.24, 2.45) is 5.92 Å². The second-order valence-corrected chi connectivity index (χ2v) is 11.0. The second-order valence-electron chi connectivity index (χ2n) is 5.42. The SMILES string of the molecule is C=C(C)C1CCC([Si](C)(C)C)C1. The molecule has 12 heavy (non-hydrogen) atoms. The third kappa shape index (κ3) is 2.22. The van der Waals surface area contributed by atoms with Crippen molar-refractivity contribution in [2.75, 3.05) is 0 Å². The van der Waals surface area contributed by atoms with Crippen LogP contribution < -0.4 is 0 Å². The average molecular weight is 182 g/mol. The van der Waals surface area contributed by atoms with Crippen LogP contribution >= 0.6 is 0 Å². The first-order chi connectivity index (χ1) is 5.41. The minimum atomic E-state index is -0.853. The van der Waals surface area contributed by atoms with Gasteiger partial charge in [-0.1, -0.05) is 38.2 Å². The molecule has 0 aliphatic heterocycles. The van der Waals surface area contributed by atoms with Gasteiger partial charge in [-0.25, -0.2) is 0 Å². The summed E-state index contributed by atoms with van der Waals surface area (Å²) in [6.07, 6.45) is 4.31. The van der Waals surface area contributed by atoms with E-state index < -0.39 is 8.07 Å². The van der Waals surface area contributed by atoms with Crippen LogP contribution in [0.4, 0.5) is 0 Å². The highest BCUT2D eigenvalue weighted by molar-refractivity contribution is 6.77. The molecule has 0 aromatic heterocycles. The van der Waals surface area contributed by atoms with Gasteiger partial charge in [-0.05, 0) is 31.2 Å². The Kier molecular flexibility index (Phi) is 2.82. The van der Waals surface area contributed by atoms with Crippen LogP contribution in [0.1, 0.15) is 26.2 Å². The lowest BCUT2D eigenvalue weighted by molar-refractivity contribution is 0.643. The van der Waals surface area contributed by atoms with E-state index in [0.29, 0.717) is 0 Å². The Labute approximate surface area is 78.1 Å². The van der Waals surface area contributed by atoms with Gasteiger partial charge < -0.3 is 0 Å². The zero-order chi connectivity index (χ0) is 9.35. The Morgan fingerprint density at radius 3 is 2.08 bits per heavy atom. The van der Waals surface area contributed by atoms with Gasteiger partial charge in [0.2, 0.25) is 0 Å². The second kappa shape index (κ2) is 3.37. The fraction of sp³-hybridized carbons (Fsp3) is 0.818. The molecule has 0 bridgehead atoms. The molecule has 2 unspecified atom stereocenters. The van der Waals surface area contributed by atoms with Crippen molar-refractivity contribution in [3.8, 4) is 0 Å². The molecule has 70 valence electrons. The van der Waals surface area contributed by atoms with Crippen molar-refractivity contribution >= 4 is 8.07 Å². The van der Waals surface area contributed by atoms with Crippen LogP contribution in [0.2, 0.25) is 25.2 Å². The maximum absolute atomic E-state index is 4.07. The molecule has 0 aromatic rings. The van der Waals surface area contributed by atoms with Crippen molar-refractivity contribution in [1.29, 1.82) is 0 Å². The lowest BCUT2D eigenvalue weighted by Crippen LogP contribution is -2.26. The molecule has 1 aliphatic rings. The molecule has 0 saturated heterocycles. The zero-order valence-electron chi connectivity index (χ0n) is 8.98. The maximum Gasteiger partial charge on any atom is 0.0474 e. The molecule has 0 nitrogen and oxygen atoms in total. The van der Waals surface area contributed by atoms with E-state index in [1.54, 1.807) is 0 Å². The maximum atomic E-state index is 4.07. The summed E-state index contributed by atoms with van der Waals surface area (Å²) in [6, 6.07) is 0. The molecule has 1 heteroatoms. The molecule has 1 fully saturated rings. The van der Waals surface area contributed by atoms with E-state index in [2.05, 4.69) is 33.1 Å². The topological polar surface area (TPSA) is 0 Å². The van der Waals surface area contributed by atoms with E-state index >= 15 is 0 Å². The molecule has 0 heterocycles. The summed E-state index contributed by atoms with van der Waals surface area (Å²) in [5.74, 6) is 0.849. The van der Waals surface area contributed by atoms with Crippen LogP contribution in [0.5, 0.6) is 0 Å². The Bertz CT molecular complexity index is 176. The molecule has 0 aromatic carbocycles. The first-order valence-electron chi connectivity index (χ1n) is 5.06. The summed E-state index contributed by atoms with van der Waals surface area (Å²) in [4.78, 5) is 0. The lowest BCUT2D eigenvalue weighted by Gasteiger charge is -2.24. The van der Waals surface area contributed by atoms with Crippen LogP contribution in [0.3, 0.4) is 0 Å². The predicted molar refractivity (Wildman–Crippen MR) is 59.3 cm³/mol. The average Bonchev–Trinajstić information content (AvgIpc) is 2.30. The highest BCUT2D eigenvalue weighted by atomic mass is 28.3. The van der Waals surface area contributed by atoms with Gasteiger partial charge in [0.1, 0.15) is 0 Å². The predicted octanol–water partition coefficient (Wildman–Crippen LogP) is 4.07. The van der Waals surface area contributed by atoms with Gasteiger partial charge in [-0.3, -0.25) is 0 Å². The molecular weight excluding hydrogens is 160 g/mol. The van der Waals surface area contributed by atoms with Crippen molar-refractivity contribution in [3.63, 3.8) is 0 Å². The minimum Gasteiger partial charge on any atom is -0.0999 e. The summed E-state index contributed by atoms with van der Waals surface area (Å²) < 4.78 is 0. The van der Waals surface area contributed by atoms with Gasteiger partial charge in [0.15, 0.2) is 0 Å². The molecule has 2 atom stereocenters. The molecule has 0 amide bonds. The minimum absolute atomic E-state index is 0.849. The van der Waals surface area contributed by atoms with E-state index in [0.717, 1.165) is 11.5 Å². The number of hydrogen-bond donors (Lipinski definition) is 0. The fourth-order valence-corrected chi connectivity index (χ4v) is 4.24. The molecular formula is C11H22Si. The number of hydrogen-bond acceptors (Lipinski definition) is 0. The highest BCUT2D eigenvalue weighted by Crippen LogP contribution is 2.44. The van der Waals surface area contributed by atoms with E-state index in [1.165, 1.54) is 24.8 Å². The number of rotatable bonds is 2. The normalized spacial score (nSPS) is 30.7. The molecule has 1 rings (SSSR count). The Balaban J connectivity index is 2.51. The summed E-state index contributed by atoms with van der Waals surface area (Å²) >= 11 is 0. The number of allylic oxidation sites excluding steroid dienone is 1. The van der Waals surface area contributed by atoms with Gasteiger partial charge in [0, 0.05) is 8.07 Å².